The maximum Gasteiger partial charge on any atom is 0.263 e. The van der Waals surface area contributed by atoms with Crippen LogP contribution in [0.5, 0.6) is 0 Å². The number of anilines is 1. The van der Waals surface area contributed by atoms with Gasteiger partial charge in [0.15, 0.2) is 0 Å². The molecule has 0 heterocycles. The summed E-state index contributed by atoms with van der Waals surface area (Å²) in [6.07, 6.45) is 0. The average molecular weight is 351 g/mol. The van der Waals surface area contributed by atoms with Crippen LogP contribution in [0.3, 0.4) is 0 Å². The summed E-state index contributed by atoms with van der Waals surface area (Å²) < 4.78 is 27.0. The lowest BCUT2D eigenvalue weighted by atomic mass is 10.2. The monoisotopic (exact) mass is 349 g/mol. The molecule has 0 bridgehead atoms. The number of hydrogen-bond acceptors (Lipinski definition) is 2. The van der Waals surface area contributed by atoms with Gasteiger partial charge in [0.1, 0.15) is 4.90 Å². The van der Waals surface area contributed by atoms with Gasteiger partial charge in [0.05, 0.1) is 20.8 Å². The first kappa shape index (κ1) is 15.4. The predicted octanol–water partition coefficient (Wildman–Crippen LogP) is 4.76. The van der Waals surface area contributed by atoms with Gasteiger partial charge in [0.2, 0.25) is 0 Å². The molecule has 0 unspecified atom stereocenters. The molecule has 7 heteroatoms. The standard InChI is InChI=1S/C13H10Cl3NO2S/c1-8-5-6-11(10(15)7-8)17-20(18,19)12-4-2-3-9(14)13(12)16/h2-7,17H,1H3. The fourth-order valence-electron chi connectivity index (χ4n) is 1.59. The van der Waals surface area contributed by atoms with E-state index >= 15 is 0 Å². The van der Waals surface area contributed by atoms with Gasteiger partial charge in [-0.2, -0.15) is 0 Å². The lowest BCUT2D eigenvalue weighted by Gasteiger charge is -2.11. The Morgan fingerprint density at radius 3 is 2.35 bits per heavy atom. The van der Waals surface area contributed by atoms with Gasteiger partial charge >= 0.3 is 0 Å². The Balaban J connectivity index is 2.44. The van der Waals surface area contributed by atoms with Crippen molar-refractivity contribution in [2.45, 2.75) is 11.8 Å². The molecule has 0 saturated heterocycles. The molecule has 2 rings (SSSR count). The van der Waals surface area contributed by atoms with Gasteiger partial charge < -0.3 is 0 Å². The molecule has 0 spiro atoms. The van der Waals surface area contributed by atoms with Crippen molar-refractivity contribution in [2.24, 2.45) is 0 Å². The first-order valence-electron chi connectivity index (χ1n) is 5.54. The van der Waals surface area contributed by atoms with Gasteiger partial charge in [-0.25, -0.2) is 8.42 Å². The molecule has 1 N–H and O–H groups in total. The molecular weight excluding hydrogens is 341 g/mol. The van der Waals surface area contributed by atoms with Crippen molar-refractivity contribution < 1.29 is 8.42 Å². The maximum absolute atomic E-state index is 12.3. The zero-order chi connectivity index (χ0) is 14.9. The summed E-state index contributed by atoms with van der Waals surface area (Å²) in [7, 11) is -3.85. The Hall–Kier alpha value is -0.940. The summed E-state index contributed by atoms with van der Waals surface area (Å²) in [5.74, 6) is 0. The van der Waals surface area contributed by atoms with E-state index in [1.807, 2.05) is 6.92 Å². The highest BCUT2D eigenvalue weighted by atomic mass is 35.5. The predicted molar refractivity (Wildman–Crippen MR) is 83.5 cm³/mol. The van der Waals surface area contributed by atoms with Gasteiger partial charge in [0.25, 0.3) is 10.0 Å². The highest BCUT2D eigenvalue weighted by molar-refractivity contribution is 7.92. The molecule has 0 atom stereocenters. The van der Waals surface area contributed by atoms with Gasteiger partial charge in [-0.1, -0.05) is 46.9 Å². The van der Waals surface area contributed by atoms with E-state index in [-0.39, 0.29) is 20.6 Å². The minimum atomic E-state index is -3.85. The highest BCUT2D eigenvalue weighted by Gasteiger charge is 2.20. The van der Waals surface area contributed by atoms with E-state index in [2.05, 4.69) is 4.72 Å². The highest BCUT2D eigenvalue weighted by Crippen LogP contribution is 2.31. The smallest absolute Gasteiger partial charge is 0.263 e. The van der Waals surface area contributed by atoms with Gasteiger partial charge in [-0.15, -0.1) is 0 Å². The molecular formula is C13H10Cl3NO2S. The minimum absolute atomic E-state index is 0.0232. The number of hydrogen-bond donors (Lipinski definition) is 1. The van der Waals surface area contributed by atoms with E-state index in [0.717, 1.165) is 5.56 Å². The van der Waals surface area contributed by atoms with Crippen LogP contribution in [0.2, 0.25) is 15.1 Å². The lowest BCUT2D eigenvalue weighted by Crippen LogP contribution is -2.13. The van der Waals surface area contributed by atoms with Crippen molar-refractivity contribution in [1.82, 2.24) is 0 Å². The maximum atomic E-state index is 12.3. The number of sulfonamides is 1. The topological polar surface area (TPSA) is 46.2 Å². The summed E-state index contributed by atoms with van der Waals surface area (Å²) in [6.45, 7) is 1.86. The van der Waals surface area contributed by atoms with Crippen molar-refractivity contribution in [1.29, 1.82) is 0 Å². The molecule has 2 aromatic carbocycles. The molecule has 2 aromatic rings. The minimum Gasteiger partial charge on any atom is -0.278 e. The van der Waals surface area contributed by atoms with Crippen LogP contribution in [0.25, 0.3) is 0 Å². The van der Waals surface area contributed by atoms with E-state index in [1.165, 1.54) is 18.2 Å². The Bertz CT molecular complexity index is 760. The number of nitrogens with one attached hydrogen (secondary N) is 1. The molecule has 3 nitrogen and oxygen atoms in total. The second-order valence-corrected chi connectivity index (χ2v) is 6.98. The van der Waals surface area contributed by atoms with E-state index < -0.39 is 10.0 Å². The van der Waals surface area contributed by atoms with Crippen molar-refractivity contribution in [3.05, 3.63) is 57.0 Å². The third-order valence-corrected chi connectivity index (χ3v) is 5.23. The van der Waals surface area contributed by atoms with Crippen molar-refractivity contribution in [3.8, 4) is 0 Å². The Kier molecular flexibility index (Phi) is 4.49. The molecule has 106 valence electrons. The second kappa shape index (κ2) is 5.82. The SMILES string of the molecule is Cc1ccc(NS(=O)(=O)c2cccc(Cl)c2Cl)c(Cl)c1. The molecule has 0 aliphatic heterocycles. The fourth-order valence-corrected chi connectivity index (χ4v) is 3.77. The fraction of sp³-hybridized carbons (Fsp3) is 0.0769. The molecule has 0 aromatic heterocycles. The summed E-state index contributed by atoms with van der Waals surface area (Å²) in [4.78, 5) is -0.0942. The molecule has 0 saturated carbocycles. The zero-order valence-corrected chi connectivity index (χ0v) is 13.4. The van der Waals surface area contributed by atoms with Crippen LogP contribution in [0.4, 0.5) is 5.69 Å². The number of aryl methyl sites for hydroxylation is 1. The third-order valence-electron chi connectivity index (χ3n) is 2.57. The van der Waals surface area contributed by atoms with E-state index in [9.17, 15) is 8.42 Å². The van der Waals surface area contributed by atoms with Gasteiger partial charge in [-0.3, -0.25) is 4.72 Å². The van der Waals surface area contributed by atoms with Crippen LogP contribution in [0.1, 0.15) is 5.56 Å². The Labute approximate surface area is 132 Å². The van der Waals surface area contributed by atoms with Crippen molar-refractivity contribution in [3.63, 3.8) is 0 Å². The number of benzene rings is 2. The molecule has 20 heavy (non-hydrogen) atoms. The summed E-state index contributed by atoms with van der Waals surface area (Å²) in [6, 6.07) is 9.41. The molecule has 0 radical (unpaired) electrons. The largest absolute Gasteiger partial charge is 0.278 e. The summed E-state index contributed by atoms with van der Waals surface area (Å²) >= 11 is 17.8. The van der Waals surface area contributed by atoms with Crippen LogP contribution < -0.4 is 4.72 Å². The Morgan fingerprint density at radius 2 is 1.70 bits per heavy atom. The third kappa shape index (κ3) is 3.20. The summed E-state index contributed by atoms with van der Waals surface area (Å²) in [5, 5.41) is 0.459. The number of halogens is 3. The van der Waals surface area contributed by atoms with Crippen LogP contribution in [0.15, 0.2) is 41.3 Å². The van der Waals surface area contributed by atoms with E-state index in [0.29, 0.717) is 5.02 Å². The lowest BCUT2D eigenvalue weighted by molar-refractivity contribution is 0.601. The summed E-state index contributed by atoms with van der Waals surface area (Å²) in [5.41, 5.74) is 1.21. The van der Waals surface area contributed by atoms with Crippen molar-refractivity contribution in [2.75, 3.05) is 4.72 Å². The van der Waals surface area contributed by atoms with Crippen LogP contribution >= 0.6 is 34.8 Å². The normalized spacial score (nSPS) is 11.4. The van der Waals surface area contributed by atoms with Crippen LogP contribution in [-0.2, 0) is 10.0 Å². The quantitative estimate of drug-likeness (QED) is 0.867. The number of rotatable bonds is 3. The van der Waals surface area contributed by atoms with Gasteiger partial charge in [-0.05, 0) is 36.8 Å². The molecule has 0 fully saturated rings. The molecule has 0 aliphatic carbocycles. The van der Waals surface area contributed by atoms with Crippen molar-refractivity contribution >= 4 is 50.5 Å². The van der Waals surface area contributed by atoms with Crippen LogP contribution in [-0.4, -0.2) is 8.42 Å². The first-order chi connectivity index (χ1) is 9.31. The zero-order valence-electron chi connectivity index (χ0n) is 10.3. The first-order valence-corrected chi connectivity index (χ1v) is 8.16. The Morgan fingerprint density at radius 1 is 1.00 bits per heavy atom. The van der Waals surface area contributed by atoms with E-state index in [4.69, 9.17) is 34.8 Å². The van der Waals surface area contributed by atoms with Crippen LogP contribution in [0, 0.1) is 6.92 Å². The average Bonchev–Trinajstić information content (AvgIpc) is 2.36. The second-order valence-electron chi connectivity index (χ2n) is 4.14. The molecule has 0 amide bonds. The molecule has 0 aliphatic rings. The van der Waals surface area contributed by atoms with E-state index in [1.54, 1.807) is 18.2 Å². The van der Waals surface area contributed by atoms with Gasteiger partial charge in [0, 0.05) is 0 Å².